The quantitative estimate of drug-likeness (QED) is 0.0620. The van der Waals surface area contributed by atoms with Crippen molar-refractivity contribution in [2.75, 3.05) is 0 Å². The van der Waals surface area contributed by atoms with Crippen LogP contribution in [-0.2, 0) is 14.1 Å². The first-order valence-corrected chi connectivity index (χ1v) is 28.4. The summed E-state index contributed by atoms with van der Waals surface area (Å²) in [5.41, 5.74) is 1.75. The van der Waals surface area contributed by atoms with E-state index in [4.69, 9.17) is 0 Å². The Bertz CT molecular complexity index is 769. The van der Waals surface area contributed by atoms with E-state index in [1.807, 2.05) is 0 Å². The summed E-state index contributed by atoms with van der Waals surface area (Å²) < 4.78 is 1.94. The van der Waals surface area contributed by atoms with Gasteiger partial charge in [0.05, 0.1) is 0 Å². The Morgan fingerprint density at radius 2 is 0.418 bits per heavy atom. The van der Waals surface area contributed by atoms with Crippen molar-refractivity contribution in [3.63, 3.8) is 0 Å². The first-order chi connectivity index (χ1) is 26.8. The molecule has 0 saturated heterocycles. The molecule has 3 rings (SSSR count). The maximum absolute atomic E-state index is 2.55. The van der Waals surface area contributed by atoms with Crippen LogP contribution in [0.3, 0.4) is 0 Å². The zero-order valence-electron chi connectivity index (χ0n) is 40.0. The molecule has 0 atom stereocenters. The van der Waals surface area contributed by atoms with Gasteiger partial charge < -0.3 is 0 Å². The SMILES string of the molecule is CCCCC(CCCC)(CCCC)[C]1([Cr]([C]2(C(CCCC)(CCCC)CCCC)CCCC2)[C]2(C(CCCC)(CCCC)CCCC)CCCC2)CCCC1. The average Bonchev–Trinajstić information content (AvgIpc) is 4.02. The van der Waals surface area contributed by atoms with Gasteiger partial charge in [-0.15, -0.1) is 0 Å². The van der Waals surface area contributed by atoms with Gasteiger partial charge in [0, 0.05) is 0 Å². The Kier molecular flexibility index (Phi) is 23.0. The molecular weight excluding hydrogens is 701 g/mol. The van der Waals surface area contributed by atoms with Crippen molar-refractivity contribution in [3.05, 3.63) is 0 Å². The zero-order chi connectivity index (χ0) is 40.2. The number of hydrogen-bond acceptors (Lipinski definition) is 0. The van der Waals surface area contributed by atoms with Crippen LogP contribution in [0.25, 0.3) is 0 Å². The molecule has 55 heavy (non-hydrogen) atoms. The summed E-state index contributed by atoms with van der Waals surface area (Å²) in [7, 11) is 0. The molecule has 327 valence electrons. The van der Waals surface area contributed by atoms with Gasteiger partial charge >= 0.3 is 356 Å². The summed E-state index contributed by atoms with van der Waals surface area (Å²) in [6.07, 6.45) is 59.5. The molecular formula is C54H105Cr. The summed E-state index contributed by atoms with van der Waals surface area (Å²) in [5, 5.41) is 0. The summed E-state index contributed by atoms with van der Waals surface area (Å²) in [6, 6.07) is 0. The van der Waals surface area contributed by atoms with Crippen molar-refractivity contribution >= 4 is 0 Å². The van der Waals surface area contributed by atoms with Crippen LogP contribution in [0, 0.1) is 16.2 Å². The Morgan fingerprint density at radius 3 is 0.545 bits per heavy atom. The van der Waals surface area contributed by atoms with E-state index in [-0.39, 0.29) is 0 Å². The van der Waals surface area contributed by atoms with Crippen molar-refractivity contribution in [3.8, 4) is 0 Å². The molecule has 0 nitrogen and oxygen atoms in total. The maximum atomic E-state index is 2.55. The average molecular weight is 806 g/mol. The monoisotopic (exact) mass is 806 g/mol. The van der Waals surface area contributed by atoms with Crippen molar-refractivity contribution in [2.24, 2.45) is 16.2 Å². The van der Waals surface area contributed by atoms with E-state index in [0.717, 1.165) is 0 Å². The van der Waals surface area contributed by atoms with E-state index in [1.54, 1.807) is 135 Å². The van der Waals surface area contributed by atoms with E-state index < -0.39 is 14.1 Å². The van der Waals surface area contributed by atoms with Crippen LogP contribution in [0.1, 0.15) is 313 Å². The molecule has 0 amide bonds. The first kappa shape index (κ1) is 49.9. The fourth-order valence-corrected chi connectivity index (χ4v) is 24.9. The van der Waals surface area contributed by atoms with Gasteiger partial charge in [-0.3, -0.25) is 0 Å². The molecule has 0 radical (unpaired) electrons. The van der Waals surface area contributed by atoms with Crippen molar-refractivity contribution in [1.29, 1.82) is 0 Å². The molecule has 3 aliphatic rings. The van der Waals surface area contributed by atoms with Gasteiger partial charge in [0.15, 0.2) is 0 Å². The molecule has 0 aromatic carbocycles. The molecule has 3 saturated carbocycles. The summed E-state index contributed by atoms with van der Waals surface area (Å²) in [6.45, 7) is 22.9. The molecule has 1 heteroatoms. The van der Waals surface area contributed by atoms with E-state index >= 15 is 0 Å². The van der Waals surface area contributed by atoms with Gasteiger partial charge in [0.25, 0.3) is 0 Å². The fourth-order valence-electron chi connectivity index (χ4n) is 14.6. The Balaban J connectivity index is 2.69. The van der Waals surface area contributed by atoms with Crippen LogP contribution in [0.5, 0.6) is 0 Å². The summed E-state index contributed by atoms with van der Waals surface area (Å²) in [5.74, 6) is 0. The number of rotatable bonds is 33. The van der Waals surface area contributed by atoms with Crippen LogP contribution >= 0.6 is 0 Å². The van der Waals surface area contributed by atoms with Gasteiger partial charge in [-0.2, -0.15) is 0 Å². The zero-order valence-corrected chi connectivity index (χ0v) is 41.3. The van der Waals surface area contributed by atoms with Crippen molar-refractivity contribution in [1.82, 2.24) is 0 Å². The molecule has 0 unspecified atom stereocenters. The van der Waals surface area contributed by atoms with Crippen LogP contribution in [0.2, 0.25) is 12.8 Å². The van der Waals surface area contributed by atoms with Crippen molar-refractivity contribution in [2.45, 2.75) is 326 Å². The fraction of sp³-hybridized carbons (Fsp3) is 1.00. The minimum atomic E-state index is -1.31. The minimum absolute atomic E-state index is 0.583. The van der Waals surface area contributed by atoms with Gasteiger partial charge in [0.1, 0.15) is 0 Å². The predicted molar refractivity (Wildman–Crippen MR) is 247 cm³/mol. The molecule has 0 aliphatic heterocycles. The van der Waals surface area contributed by atoms with Gasteiger partial charge in [0.2, 0.25) is 0 Å². The third-order valence-corrected chi connectivity index (χ3v) is 25.0. The second kappa shape index (κ2) is 25.3. The van der Waals surface area contributed by atoms with Gasteiger partial charge in [-0.25, -0.2) is 0 Å². The summed E-state index contributed by atoms with van der Waals surface area (Å²) >= 11 is -1.31. The molecule has 0 aromatic heterocycles. The van der Waals surface area contributed by atoms with E-state index in [9.17, 15) is 0 Å². The van der Waals surface area contributed by atoms with Crippen LogP contribution < -0.4 is 0 Å². The van der Waals surface area contributed by atoms with Gasteiger partial charge in [-0.05, 0) is 0 Å². The molecule has 0 aromatic rings. The molecule has 0 bridgehead atoms. The Hall–Kier alpha value is 0.532. The molecule has 0 heterocycles. The van der Waals surface area contributed by atoms with E-state index in [2.05, 4.69) is 62.3 Å². The van der Waals surface area contributed by atoms with Crippen LogP contribution in [-0.4, -0.2) is 0 Å². The van der Waals surface area contributed by atoms with E-state index in [1.165, 1.54) is 116 Å². The number of unbranched alkanes of at least 4 members (excludes halogenated alkanes) is 9. The molecule has 0 N–H and O–H groups in total. The molecule has 3 aliphatic carbocycles. The number of hydrogen-bond donors (Lipinski definition) is 0. The second-order valence-electron chi connectivity index (χ2n) is 20.7. The standard InChI is InChI=1S/3C18H35.Cr/c3*1-4-7-14-18(15-8-5-2,16-9-6-3)17-12-10-11-13-17;/h3*4-16H2,1-3H3;. The topological polar surface area (TPSA) is 0 Å². The normalized spacial score (nSPS) is 20.0. The molecule has 3 fully saturated rings. The predicted octanol–water partition coefficient (Wildman–Crippen LogP) is 20.5. The van der Waals surface area contributed by atoms with Gasteiger partial charge in [-0.1, -0.05) is 0 Å². The first-order valence-electron chi connectivity index (χ1n) is 26.5. The van der Waals surface area contributed by atoms with Crippen LogP contribution in [0.4, 0.5) is 0 Å². The third-order valence-electron chi connectivity index (χ3n) is 17.4. The van der Waals surface area contributed by atoms with E-state index in [0.29, 0.717) is 29.1 Å². The third kappa shape index (κ3) is 10.9. The van der Waals surface area contributed by atoms with Crippen LogP contribution in [0.15, 0.2) is 0 Å². The van der Waals surface area contributed by atoms with Crippen molar-refractivity contribution < 1.29 is 14.1 Å². The second-order valence-corrected chi connectivity index (χ2v) is 25.3. The summed E-state index contributed by atoms with van der Waals surface area (Å²) in [4.78, 5) is 0. The Labute approximate surface area is 354 Å². The molecule has 0 spiro atoms. The Morgan fingerprint density at radius 1 is 0.273 bits per heavy atom.